The monoisotopic (exact) mass is 423 g/mol. The van der Waals surface area contributed by atoms with Gasteiger partial charge in [0.2, 0.25) is 0 Å². The first-order chi connectivity index (χ1) is 14.6. The molecule has 1 fully saturated rings. The Bertz CT molecular complexity index is 992. The third kappa shape index (κ3) is 4.46. The summed E-state index contributed by atoms with van der Waals surface area (Å²) in [4.78, 5) is 28.1. The van der Waals surface area contributed by atoms with E-state index in [0.717, 1.165) is 36.2 Å². The van der Waals surface area contributed by atoms with E-state index < -0.39 is 5.97 Å². The molecule has 0 saturated heterocycles. The summed E-state index contributed by atoms with van der Waals surface area (Å²) in [7, 11) is 1.80. The normalized spacial score (nSPS) is 14.4. The predicted octanol–water partition coefficient (Wildman–Crippen LogP) is 4.55. The number of benzene rings is 1. The summed E-state index contributed by atoms with van der Waals surface area (Å²) in [6.45, 7) is -0.264. The van der Waals surface area contributed by atoms with Gasteiger partial charge in [0.05, 0.1) is 10.6 Å². The van der Waals surface area contributed by atoms with Crippen molar-refractivity contribution < 1.29 is 14.3 Å². The summed E-state index contributed by atoms with van der Waals surface area (Å²) in [5.41, 5.74) is 1.77. The lowest BCUT2D eigenvalue weighted by Gasteiger charge is -2.31. The van der Waals surface area contributed by atoms with Crippen LogP contribution in [0.15, 0.2) is 53.9 Å². The number of thiophene rings is 1. The zero-order valence-corrected chi connectivity index (χ0v) is 17.8. The zero-order chi connectivity index (χ0) is 20.9. The number of esters is 1. The van der Waals surface area contributed by atoms with Crippen molar-refractivity contribution in [1.82, 2.24) is 14.7 Å². The molecular formula is C23H25N3O3S. The predicted molar refractivity (Wildman–Crippen MR) is 117 cm³/mol. The van der Waals surface area contributed by atoms with Crippen LogP contribution >= 0.6 is 11.3 Å². The van der Waals surface area contributed by atoms with E-state index in [1.54, 1.807) is 34.0 Å². The molecule has 7 heteroatoms. The van der Waals surface area contributed by atoms with Crippen molar-refractivity contribution in [2.24, 2.45) is 0 Å². The van der Waals surface area contributed by atoms with Gasteiger partial charge in [0.1, 0.15) is 5.69 Å². The standard InChI is InChI=1S/C23H25N3O3S/c1-25(17-9-4-2-5-10-17)22(27)16-29-23(28)20-15-19(21-13-8-14-30-21)24-26(20)18-11-6-3-7-12-18/h3,6-8,11-15,17H,2,4-5,9-10,16H2,1H3. The van der Waals surface area contributed by atoms with E-state index in [-0.39, 0.29) is 18.6 Å². The van der Waals surface area contributed by atoms with E-state index in [4.69, 9.17) is 4.74 Å². The Hall–Kier alpha value is -2.93. The first-order valence-electron chi connectivity index (χ1n) is 10.3. The number of nitrogens with zero attached hydrogens (tertiary/aromatic N) is 3. The van der Waals surface area contributed by atoms with E-state index in [9.17, 15) is 9.59 Å². The number of ether oxygens (including phenoxy) is 1. The molecule has 2 aromatic heterocycles. The van der Waals surface area contributed by atoms with Crippen LogP contribution in [-0.2, 0) is 9.53 Å². The number of carbonyl (C=O) groups is 2. The van der Waals surface area contributed by atoms with Gasteiger partial charge in [0.15, 0.2) is 12.3 Å². The number of hydrogen-bond acceptors (Lipinski definition) is 5. The fourth-order valence-corrected chi connectivity index (χ4v) is 4.49. The number of amides is 1. The summed E-state index contributed by atoms with van der Waals surface area (Å²) in [6.07, 6.45) is 5.54. The van der Waals surface area contributed by atoms with Crippen LogP contribution in [0.4, 0.5) is 0 Å². The number of para-hydroxylation sites is 1. The second kappa shape index (κ2) is 9.26. The van der Waals surface area contributed by atoms with Crippen molar-refractivity contribution in [3.05, 3.63) is 59.6 Å². The van der Waals surface area contributed by atoms with Gasteiger partial charge in [0.25, 0.3) is 5.91 Å². The smallest absolute Gasteiger partial charge is 0.357 e. The van der Waals surface area contributed by atoms with Gasteiger partial charge >= 0.3 is 5.97 Å². The highest BCUT2D eigenvalue weighted by Gasteiger charge is 2.24. The molecule has 0 bridgehead atoms. The molecule has 0 N–H and O–H groups in total. The molecule has 1 saturated carbocycles. The van der Waals surface area contributed by atoms with Gasteiger partial charge in [-0.15, -0.1) is 11.3 Å². The van der Waals surface area contributed by atoms with Gasteiger partial charge in [-0.25, -0.2) is 9.48 Å². The largest absolute Gasteiger partial charge is 0.451 e. The van der Waals surface area contributed by atoms with Crippen molar-refractivity contribution in [3.8, 4) is 16.3 Å². The van der Waals surface area contributed by atoms with E-state index in [1.165, 1.54) is 6.42 Å². The fraction of sp³-hybridized carbons (Fsp3) is 0.348. The minimum absolute atomic E-state index is 0.167. The second-order valence-electron chi connectivity index (χ2n) is 7.51. The van der Waals surface area contributed by atoms with Crippen molar-refractivity contribution >= 4 is 23.2 Å². The maximum atomic E-state index is 12.9. The number of rotatable bonds is 6. The van der Waals surface area contributed by atoms with Crippen LogP contribution in [0.5, 0.6) is 0 Å². The first kappa shape index (κ1) is 20.3. The molecule has 1 aliphatic carbocycles. The lowest BCUT2D eigenvalue weighted by atomic mass is 9.94. The van der Waals surface area contributed by atoms with Crippen molar-refractivity contribution in [3.63, 3.8) is 0 Å². The van der Waals surface area contributed by atoms with Gasteiger partial charge in [-0.3, -0.25) is 4.79 Å². The zero-order valence-electron chi connectivity index (χ0n) is 17.0. The molecule has 1 aliphatic rings. The minimum Gasteiger partial charge on any atom is -0.451 e. The van der Waals surface area contributed by atoms with Crippen LogP contribution < -0.4 is 0 Å². The van der Waals surface area contributed by atoms with Crippen molar-refractivity contribution in [1.29, 1.82) is 0 Å². The molecule has 1 amide bonds. The van der Waals surface area contributed by atoms with Gasteiger partial charge in [0, 0.05) is 19.2 Å². The number of likely N-dealkylation sites (N-methyl/N-ethyl adjacent to an activating group) is 1. The van der Waals surface area contributed by atoms with Crippen LogP contribution in [0.25, 0.3) is 16.3 Å². The lowest BCUT2D eigenvalue weighted by Crippen LogP contribution is -2.40. The first-order valence-corrected chi connectivity index (χ1v) is 11.1. The van der Waals surface area contributed by atoms with E-state index >= 15 is 0 Å². The highest BCUT2D eigenvalue weighted by molar-refractivity contribution is 7.13. The molecular weight excluding hydrogens is 398 g/mol. The molecule has 0 unspecified atom stereocenters. The molecule has 156 valence electrons. The average Bonchev–Trinajstić information content (AvgIpc) is 3.48. The third-order valence-electron chi connectivity index (χ3n) is 5.54. The second-order valence-corrected chi connectivity index (χ2v) is 8.46. The summed E-state index contributed by atoms with van der Waals surface area (Å²) in [5.74, 6) is -0.723. The molecule has 2 heterocycles. The Labute approximate surface area is 180 Å². The Morgan fingerprint density at radius 1 is 1.13 bits per heavy atom. The van der Waals surface area contributed by atoms with Gasteiger partial charge in [-0.1, -0.05) is 43.5 Å². The molecule has 4 rings (SSSR count). The summed E-state index contributed by atoms with van der Waals surface area (Å²) in [5, 5.41) is 6.58. The number of carbonyl (C=O) groups excluding carboxylic acids is 2. The van der Waals surface area contributed by atoms with Gasteiger partial charge in [-0.05, 0) is 36.4 Å². The Balaban J connectivity index is 1.51. The van der Waals surface area contributed by atoms with Crippen LogP contribution in [0.1, 0.15) is 42.6 Å². The van der Waals surface area contributed by atoms with Crippen molar-refractivity contribution in [2.45, 2.75) is 38.1 Å². The molecule has 0 radical (unpaired) electrons. The van der Waals surface area contributed by atoms with Crippen LogP contribution in [0.2, 0.25) is 0 Å². The molecule has 3 aromatic rings. The maximum absolute atomic E-state index is 12.9. The minimum atomic E-state index is -0.556. The maximum Gasteiger partial charge on any atom is 0.357 e. The SMILES string of the molecule is CN(C(=O)COC(=O)c1cc(-c2cccs2)nn1-c1ccccc1)C1CCCCC1. The van der Waals surface area contributed by atoms with E-state index in [0.29, 0.717) is 11.4 Å². The van der Waals surface area contributed by atoms with Crippen LogP contribution in [0.3, 0.4) is 0 Å². The average molecular weight is 424 g/mol. The molecule has 6 nitrogen and oxygen atoms in total. The van der Waals surface area contributed by atoms with Crippen molar-refractivity contribution in [2.75, 3.05) is 13.7 Å². The van der Waals surface area contributed by atoms with Crippen LogP contribution in [0, 0.1) is 0 Å². The van der Waals surface area contributed by atoms with E-state index in [1.807, 2.05) is 47.8 Å². The summed E-state index contributed by atoms with van der Waals surface area (Å²) >= 11 is 1.55. The third-order valence-corrected chi connectivity index (χ3v) is 6.43. The Morgan fingerprint density at radius 3 is 2.60 bits per heavy atom. The summed E-state index contributed by atoms with van der Waals surface area (Å²) < 4.78 is 6.98. The quantitative estimate of drug-likeness (QED) is 0.546. The topological polar surface area (TPSA) is 64.4 Å². The summed E-state index contributed by atoms with van der Waals surface area (Å²) in [6, 6.07) is 15.3. The Morgan fingerprint density at radius 2 is 1.90 bits per heavy atom. The molecule has 1 aromatic carbocycles. The highest BCUT2D eigenvalue weighted by atomic mass is 32.1. The highest BCUT2D eigenvalue weighted by Crippen LogP contribution is 2.26. The van der Waals surface area contributed by atoms with Gasteiger partial charge in [-0.2, -0.15) is 5.10 Å². The fourth-order valence-electron chi connectivity index (χ4n) is 3.81. The number of hydrogen-bond donors (Lipinski definition) is 0. The number of aromatic nitrogens is 2. The molecule has 0 spiro atoms. The Kier molecular flexibility index (Phi) is 6.28. The molecule has 30 heavy (non-hydrogen) atoms. The molecule has 0 atom stereocenters. The molecule has 0 aliphatic heterocycles. The van der Waals surface area contributed by atoms with E-state index in [2.05, 4.69) is 5.10 Å². The lowest BCUT2D eigenvalue weighted by molar-refractivity contribution is -0.135. The van der Waals surface area contributed by atoms with Gasteiger partial charge < -0.3 is 9.64 Å². The van der Waals surface area contributed by atoms with Crippen LogP contribution in [-0.4, -0.2) is 46.3 Å².